The van der Waals surface area contributed by atoms with Gasteiger partial charge in [-0.2, -0.15) is 0 Å². The van der Waals surface area contributed by atoms with Gasteiger partial charge in [-0.3, -0.25) is 4.90 Å². The van der Waals surface area contributed by atoms with Crippen LogP contribution in [-0.4, -0.2) is 35.9 Å². The zero-order chi connectivity index (χ0) is 15.8. The van der Waals surface area contributed by atoms with Crippen molar-refractivity contribution in [2.45, 2.75) is 38.8 Å². The molecule has 0 radical (unpaired) electrons. The molecule has 6 heteroatoms. The zero-order valence-corrected chi connectivity index (χ0v) is 12.5. The van der Waals surface area contributed by atoms with E-state index in [-0.39, 0.29) is 12.2 Å². The van der Waals surface area contributed by atoms with E-state index in [2.05, 4.69) is 0 Å². The topological polar surface area (TPSA) is 76.1 Å². The van der Waals surface area contributed by atoms with Crippen LogP contribution < -0.4 is 4.90 Å². The lowest BCUT2D eigenvalue weighted by molar-refractivity contribution is -0.142. The summed E-state index contributed by atoms with van der Waals surface area (Å²) in [6.45, 7) is 5.24. The molecule has 114 valence electrons. The van der Waals surface area contributed by atoms with E-state index >= 15 is 0 Å². The van der Waals surface area contributed by atoms with Crippen molar-refractivity contribution in [3.05, 3.63) is 23.8 Å². The summed E-state index contributed by atoms with van der Waals surface area (Å²) in [6, 6.07) is 3.98. The average Bonchev–Trinajstić information content (AvgIpc) is 2.76. The van der Waals surface area contributed by atoms with Gasteiger partial charge in [0.15, 0.2) is 0 Å². The van der Waals surface area contributed by atoms with Crippen molar-refractivity contribution in [1.82, 2.24) is 0 Å². The number of rotatable bonds is 1. The van der Waals surface area contributed by atoms with Crippen molar-refractivity contribution >= 4 is 17.7 Å². The molecule has 0 aromatic heterocycles. The second-order valence-electron chi connectivity index (χ2n) is 5.87. The van der Waals surface area contributed by atoms with E-state index in [0.717, 1.165) is 0 Å². The number of methoxy groups -OCH3 is 1. The maximum atomic E-state index is 12.4. The Hall–Kier alpha value is -2.24. The van der Waals surface area contributed by atoms with Gasteiger partial charge in [-0.05, 0) is 32.9 Å². The van der Waals surface area contributed by atoms with Crippen LogP contribution in [0.4, 0.5) is 10.5 Å². The number of nitrogens with zero attached hydrogens (tertiary/aromatic N) is 1. The molecule has 6 nitrogen and oxygen atoms in total. The van der Waals surface area contributed by atoms with E-state index in [9.17, 15) is 14.7 Å². The molecule has 1 atom stereocenters. The number of hydrogen-bond acceptors (Lipinski definition) is 5. The maximum absolute atomic E-state index is 12.4. The Morgan fingerprint density at radius 1 is 1.33 bits per heavy atom. The molecule has 2 rings (SSSR count). The third kappa shape index (κ3) is 2.94. The molecular weight excluding hydrogens is 274 g/mol. The van der Waals surface area contributed by atoms with Crippen LogP contribution in [0.2, 0.25) is 0 Å². The van der Waals surface area contributed by atoms with Crippen molar-refractivity contribution in [3.63, 3.8) is 0 Å². The number of phenols is 1. The number of esters is 1. The lowest BCUT2D eigenvalue weighted by atomic mass is 10.1. The summed E-state index contributed by atoms with van der Waals surface area (Å²) in [5.41, 5.74) is 0.329. The molecule has 1 heterocycles. The number of carbonyl (C=O) groups excluding carboxylic acids is 2. The Morgan fingerprint density at radius 2 is 2.00 bits per heavy atom. The quantitative estimate of drug-likeness (QED) is 0.804. The molecule has 1 unspecified atom stereocenters. The molecule has 1 amide bonds. The fourth-order valence-electron chi connectivity index (χ4n) is 2.31. The van der Waals surface area contributed by atoms with Gasteiger partial charge in [0.2, 0.25) is 0 Å². The summed E-state index contributed by atoms with van der Waals surface area (Å²) in [5, 5.41) is 9.90. The number of fused-ring (bicyclic) bond motifs is 1. The van der Waals surface area contributed by atoms with E-state index in [1.54, 1.807) is 32.9 Å². The largest absolute Gasteiger partial charge is 0.508 e. The monoisotopic (exact) mass is 293 g/mol. The number of anilines is 1. The van der Waals surface area contributed by atoms with Gasteiger partial charge in [0.1, 0.15) is 17.4 Å². The number of amides is 1. The minimum Gasteiger partial charge on any atom is -0.508 e. The average molecular weight is 293 g/mol. The summed E-state index contributed by atoms with van der Waals surface area (Å²) in [5.74, 6) is -0.496. The number of aromatic hydroxyl groups is 1. The van der Waals surface area contributed by atoms with E-state index in [1.165, 1.54) is 18.1 Å². The van der Waals surface area contributed by atoms with E-state index in [1.807, 2.05) is 0 Å². The Morgan fingerprint density at radius 3 is 2.57 bits per heavy atom. The first kappa shape index (κ1) is 15.2. The fraction of sp³-hybridized carbons (Fsp3) is 0.467. The van der Waals surface area contributed by atoms with Crippen LogP contribution in [0.1, 0.15) is 26.3 Å². The number of phenolic OH excluding ortho intramolecular Hbond substituents is 1. The van der Waals surface area contributed by atoms with Crippen LogP contribution in [0, 0.1) is 0 Å². The molecule has 0 bridgehead atoms. The Balaban J connectivity index is 2.41. The molecular formula is C15H19NO5. The normalized spacial score (nSPS) is 17.3. The van der Waals surface area contributed by atoms with Crippen LogP contribution in [0.15, 0.2) is 18.2 Å². The highest BCUT2D eigenvalue weighted by molar-refractivity contribution is 5.99. The molecule has 0 saturated heterocycles. The fourth-order valence-corrected chi connectivity index (χ4v) is 2.31. The molecule has 0 fully saturated rings. The van der Waals surface area contributed by atoms with Gasteiger partial charge < -0.3 is 14.6 Å². The van der Waals surface area contributed by atoms with Gasteiger partial charge >= 0.3 is 12.1 Å². The van der Waals surface area contributed by atoms with Crippen molar-refractivity contribution < 1.29 is 24.2 Å². The Kier molecular flexibility index (Phi) is 3.80. The highest BCUT2D eigenvalue weighted by Crippen LogP contribution is 2.38. The standard InChI is InChI=1S/C15H19NO5/c1-15(2,3)21-14(19)16-10-6-5-7-12(17)9(10)8-11(16)13(18)20-4/h5-7,11,17H,8H2,1-4H3. The predicted octanol–water partition coefficient (Wildman–Crippen LogP) is 2.23. The van der Waals surface area contributed by atoms with E-state index < -0.39 is 23.7 Å². The zero-order valence-electron chi connectivity index (χ0n) is 12.5. The molecule has 1 aliphatic rings. The molecule has 0 spiro atoms. The Bertz CT molecular complexity index is 576. The SMILES string of the molecule is COC(=O)C1Cc2c(O)cccc2N1C(=O)OC(C)(C)C. The van der Waals surface area contributed by atoms with Gasteiger partial charge in [0.25, 0.3) is 0 Å². The van der Waals surface area contributed by atoms with Crippen LogP contribution in [0.25, 0.3) is 0 Å². The van der Waals surface area contributed by atoms with Gasteiger partial charge in [0.05, 0.1) is 12.8 Å². The van der Waals surface area contributed by atoms with Crippen molar-refractivity contribution in [2.75, 3.05) is 12.0 Å². The van der Waals surface area contributed by atoms with Crippen molar-refractivity contribution in [3.8, 4) is 5.75 Å². The molecule has 1 aliphatic heterocycles. The lowest BCUT2D eigenvalue weighted by Gasteiger charge is -2.27. The molecule has 21 heavy (non-hydrogen) atoms. The summed E-state index contributed by atoms with van der Waals surface area (Å²) >= 11 is 0. The van der Waals surface area contributed by atoms with Crippen LogP contribution in [0.5, 0.6) is 5.75 Å². The van der Waals surface area contributed by atoms with Crippen molar-refractivity contribution in [2.24, 2.45) is 0 Å². The number of carbonyl (C=O) groups is 2. The minimum absolute atomic E-state index is 0.0486. The molecule has 1 N–H and O–H groups in total. The maximum Gasteiger partial charge on any atom is 0.415 e. The molecule has 1 aromatic carbocycles. The first-order chi connectivity index (χ1) is 9.74. The summed E-state index contributed by atoms with van der Waals surface area (Å²) < 4.78 is 10.1. The smallest absolute Gasteiger partial charge is 0.415 e. The summed E-state index contributed by atoms with van der Waals surface area (Å²) in [4.78, 5) is 25.5. The highest BCUT2D eigenvalue weighted by atomic mass is 16.6. The summed E-state index contributed by atoms with van der Waals surface area (Å²) in [7, 11) is 1.26. The molecule has 1 aromatic rings. The van der Waals surface area contributed by atoms with Gasteiger partial charge in [0, 0.05) is 12.0 Å². The van der Waals surface area contributed by atoms with Crippen LogP contribution in [-0.2, 0) is 20.7 Å². The number of benzene rings is 1. The van der Waals surface area contributed by atoms with Crippen molar-refractivity contribution in [1.29, 1.82) is 0 Å². The van der Waals surface area contributed by atoms with E-state index in [4.69, 9.17) is 9.47 Å². The van der Waals surface area contributed by atoms with Gasteiger partial charge in [-0.25, -0.2) is 9.59 Å². The number of ether oxygens (including phenoxy) is 2. The Labute approximate surface area is 123 Å². The van der Waals surface area contributed by atoms with Crippen LogP contribution in [0.3, 0.4) is 0 Å². The predicted molar refractivity (Wildman–Crippen MR) is 76.3 cm³/mol. The highest BCUT2D eigenvalue weighted by Gasteiger charge is 2.42. The summed E-state index contributed by atoms with van der Waals surface area (Å²) in [6.07, 6.45) is -0.435. The molecule has 0 aliphatic carbocycles. The first-order valence-electron chi connectivity index (χ1n) is 6.65. The first-order valence-corrected chi connectivity index (χ1v) is 6.65. The third-order valence-corrected chi connectivity index (χ3v) is 3.16. The molecule has 0 saturated carbocycles. The van der Waals surface area contributed by atoms with E-state index in [0.29, 0.717) is 11.3 Å². The second-order valence-corrected chi connectivity index (χ2v) is 5.87. The lowest BCUT2D eigenvalue weighted by Crippen LogP contribution is -2.45. The van der Waals surface area contributed by atoms with Gasteiger partial charge in [-0.15, -0.1) is 0 Å². The van der Waals surface area contributed by atoms with Gasteiger partial charge in [-0.1, -0.05) is 6.07 Å². The third-order valence-electron chi connectivity index (χ3n) is 3.16. The minimum atomic E-state index is -0.826. The second kappa shape index (κ2) is 5.27. The van der Waals surface area contributed by atoms with Crippen LogP contribution >= 0.6 is 0 Å². The number of hydrogen-bond donors (Lipinski definition) is 1.